The number of carbonyl (C=O) groups excluding carboxylic acids is 1. The van der Waals surface area contributed by atoms with E-state index >= 15 is 0 Å². The van der Waals surface area contributed by atoms with Crippen LogP contribution in [0.5, 0.6) is 11.5 Å². The van der Waals surface area contributed by atoms with Crippen LogP contribution in [0.2, 0.25) is 0 Å². The molecule has 1 N–H and O–H groups in total. The molecule has 0 aliphatic carbocycles. The molecule has 0 fully saturated rings. The van der Waals surface area contributed by atoms with Gasteiger partial charge >= 0.3 is 5.97 Å². The topological polar surface area (TPSA) is 86.3 Å². The third-order valence-corrected chi connectivity index (χ3v) is 2.42. The fourth-order valence-electron chi connectivity index (χ4n) is 1.47. The molecule has 0 atom stereocenters. The monoisotopic (exact) mass is 277 g/mol. The number of nitrogens with zero attached hydrogens (tertiary/aromatic N) is 2. The summed E-state index contributed by atoms with van der Waals surface area (Å²) in [6.07, 6.45) is 0. The van der Waals surface area contributed by atoms with Gasteiger partial charge in [-0.15, -0.1) is 5.10 Å². The Morgan fingerprint density at radius 3 is 2.60 bits per heavy atom. The molecular formula is C13H15N3O4. The Hall–Kier alpha value is -2.57. The maximum absolute atomic E-state index is 11.4. The smallest absolute Gasteiger partial charge is 0.378 e. The Balaban J connectivity index is 1.91. The molecule has 0 amide bonds. The molecule has 0 spiro atoms. The third kappa shape index (κ3) is 3.47. The minimum Gasteiger partial charge on any atom is -0.497 e. The van der Waals surface area contributed by atoms with E-state index in [4.69, 9.17) is 14.2 Å². The van der Waals surface area contributed by atoms with Gasteiger partial charge in [-0.05, 0) is 31.2 Å². The van der Waals surface area contributed by atoms with Crippen LogP contribution in [0, 0.1) is 0 Å². The van der Waals surface area contributed by atoms with Crippen molar-refractivity contribution in [1.29, 1.82) is 0 Å². The van der Waals surface area contributed by atoms with Gasteiger partial charge in [-0.1, -0.05) is 0 Å². The van der Waals surface area contributed by atoms with Gasteiger partial charge in [0.2, 0.25) is 0 Å². The van der Waals surface area contributed by atoms with Gasteiger partial charge in [0.1, 0.15) is 18.1 Å². The average molecular weight is 277 g/mol. The van der Waals surface area contributed by atoms with Gasteiger partial charge in [-0.3, -0.25) is 5.10 Å². The number of rotatable bonds is 6. The van der Waals surface area contributed by atoms with Crippen LogP contribution in [0.15, 0.2) is 24.3 Å². The van der Waals surface area contributed by atoms with Crippen LogP contribution in [0.4, 0.5) is 0 Å². The second-order valence-corrected chi connectivity index (χ2v) is 3.79. The van der Waals surface area contributed by atoms with E-state index in [1.54, 1.807) is 38.3 Å². The molecule has 1 aromatic heterocycles. The highest BCUT2D eigenvalue weighted by atomic mass is 16.5. The van der Waals surface area contributed by atoms with Crippen LogP contribution in [0.25, 0.3) is 0 Å². The molecule has 0 unspecified atom stereocenters. The van der Waals surface area contributed by atoms with Gasteiger partial charge in [-0.2, -0.15) is 0 Å². The number of benzene rings is 1. The van der Waals surface area contributed by atoms with E-state index < -0.39 is 5.97 Å². The molecule has 0 aliphatic rings. The van der Waals surface area contributed by atoms with Gasteiger partial charge in [0.25, 0.3) is 5.82 Å². The summed E-state index contributed by atoms with van der Waals surface area (Å²) in [6.45, 7) is 2.18. The summed E-state index contributed by atoms with van der Waals surface area (Å²) >= 11 is 0. The minimum absolute atomic E-state index is 0.000168. The van der Waals surface area contributed by atoms with Crippen molar-refractivity contribution in [2.24, 2.45) is 0 Å². The second-order valence-electron chi connectivity index (χ2n) is 3.79. The first-order chi connectivity index (χ1) is 9.72. The van der Waals surface area contributed by atoms with E-state index in [2.05, 4.69) is 15.2 Å². The number of nitrogens with one attached hydrogen (secondary N) is 1. The molecule has 2 rings (SSSR count). The Morgan fingerprint density at radius 1 is 1.25 bits per heavy atom. The van der Waals surface area contributed by atoms with E-state index in [1.807, 2.05) is 0 Å². The standard InChI is InChI=1S/C13H15N3O4/c1-3-19-13(17)12-14-11(15-16-12)8-20-10-6-4-9(18-2)5-7-10/h4-7H,3,8H2,1-2H3,(H,14,15,16). The highest BCUT2D eigenvalue weighted by molar-refractivity contribution is 5.84. The molecule has 7 nitrogen and oxygen atoms in total. The van der Waals surface area contributed by atoms with Crippen molar-refractivity contribution >= 4 is 5.97 Å². The first kappa shape index (κ1) is 13.9. The number of aromatic nitrogens is 3. The number of aromatic amines is 1. The molecule has 7 heteroatoms. The molecule has 0 bridgehead atoms. The lowest BCUT2D eigenvalue weighted by atomic mass is 10.3. The van der Waals surface area contributed by atoms with E-state index in [0.29, 0.717) is 11.6 Å². The predicted octanol–water partition coefficient (Wildman–Crippen LogP) is 1.57. The zero-order chi connectivity index (χ0) is 14.4. The first-order valence-corrected chi connectivity index (χ1v) is 6.08. The van der Waals surface area contributed by atoms with E-state index in [1.165, 1.54) is 0 Å². The number of H-pyrrole nitrogens is 1. The van der Waals surface area contributed by atoms with Crippen LogP contribution in [0.3, 0.4) is 0 Å². The zero-order valence-electron chi connectivity index (χ0n) is 11.3. The zero-order valence-corrected chi connectivity index (χ0v) is 11.3. The van der Waals surface area contributed by atoms with Crippen molar-refractivity contribution in [1.82, 2.24) is 15.2 Å². The second kappa shape index (κ2) is 6.55. The number of hydrogen-bond acceptors (Lipinski definition) is 6. The van der Waals surface area contributed by atoms with E-state index in [0.717, 1.165) is 5.75 Å². The van der Waals surface area contributed by atoms with Crippen LogP contribution in [-0.4, -0.2) is 34.9 Å². The summed E-state index contributed by atoms with van der Waals surface area (Å²) in [5, 5.41) is 6.39. The Kier molecular flexibility index (Phi) is 4.54. The van der Waals surface area contributed by atoms with Gasteiger partial charge in [0.05, 0.1) is 13.7 Å². The minimum atomic E-state index is -0.556. The highest BCUT2D eigenvalue weighted by Crippen LogP contribution is 2.17. The Labute approximate surface area is 115 Å². The highest BCUT2D eigenvalue weighted by Gasteiger charge is 2.13. The van der Waals surface area contributed by atoms with Crippen molar-refractivity contribution < 1.29 is 19.0 Å². The quantitative estimate of drug-likeness (QED) is 0.806. The van der Waals surface area contributed by atoms with Crippen molar-refractivity contribution in [3.05, 3.63) is 35.9 Å². The summed E-state index contributed by atoms with van der Waals surface area (Å²) < 4.78 is 15.3. The summed E-state index contributed by atoms with van der Waals surface area (Å²) in [5.74, 6) is 1.31. The molecule has 106 valence electrons. The molecule has 0 saturated carbocycles. The van der Waals surface area contributed by atoms with Crippen LogP contribution >= 0.6 is 0 Å². The van der Waals surface area contributed by atoms with Gasteiger partial charge < -0.3 is 14.2 Å². The summed E-state index contributed by atoms with van der Waals surface area (Å²) in [4.78, 5) is 15.4. The average Bonchev–Trinajstić information content (AvgIpc) is 2.95. The summed E-state index contributed by atoms with van der Waals surface area (Å²) in [5.41, 5.74) is 0. The van der Waals surface area contributed by atoms with Crippen LogP contribution in [-0.2, 0) is 11.3 Å². The van der Waals surface area contributed by atoms with Crippen LogP contribution in [0.1, 0.15) is 23.4 Å². The number of esters is 1. The normalized spacial score (nSPS) is 10.1. The maximum Gasteiger partial charge on any atom is 0.378 e. The lowest BCUT2D eigenvalue weighted by Crippen LogP contribution is -2.07. The molecule has 2 aromatic rings. The van der Waals surface area contributed by atoms with Crippen LogP contribution < -0.4 is 9.47 Å². The van der Waals surface area contributed by atoms with Gasteiger partial charge in [-0.25, -0.2) is 9.78 Å². The number of carbonyl (C=O) groups is 1. The fourth-order valence-corrected chi connectivity index (χ4v) is 1.47. The molecule has 0 saturated heterocycles. The predicted molar refractivity (Wildman–Crippen MR) is 69.7 cm³/mol. The molecule has 1 heterocycles. The van der Waals surface area contributed by atoms with E-state index in [9.17, 15) is 4.79 Å². The fraction of sp³-hybridized carbons (Fsp3) is 0.308. The molecule has 1 aromatic carbocycles. The number of hydrogen-bond donors (Lipinski definition) is 1. The third-order valence-electron chi connectivity index (χ3n) is 2.42. The van der Waals surface area contributed by atoms with Gasteiger partial charge in [0, 0.05) is 0 Å². The summed E-state index contributed by atoms with van der Waals surface area (Å²) in [7, 11) is 1.60. The lowest BCUT2D eigenvalue weighted by molar-refractivity contribution is 0.0512. The lowest BCUT2D eigenvalue weighted by Gasteiger charge is -2.04. The van der Waals surface area contributed by atoms with Gasteiger partial charge in [0.15, 0.2) is 5.82 Å². The Bertz CT molecular complexity index is 565. The molecular weight excluding hydrogens is 262 g/mol. The molecule has 0 radical (unpaired) electrons. The SMILES string of the molecule is CCOC(=O)c1n[nH]c(COc2ccc(OC)cc2)n1. The van der Waals surface area contributed by atoms with Crippen molar-refractivity contribution in [3.63, 3.8) is 0 Å². The Morgan fingerprint density at radius 2 is 1.95 bits per heavy atom. The maximum atomic E-state index is 11.4. The largest absolute Gasteiger partial charge is 0.497 e. The number of ether oxygens (including phenoxy) is 3. The molecule has 0 aliphatic heterocycles. The van der Waals surface area contributed by atoms with E-state index in [-0.39, 0.29) is 19.0 Å². The van der Waals surface area contributed by atoms with Crippen molar-refractivity contribution in [2.75, 3.05) is 13.7 Å². The van der Waals surface area contributed by atoms with Crippen molar-refractivity contribution in [3.8, 4) is 11.5 Å². The molecule has 20 heavy (non-hydrogen) atoms. The first-order valence-electron chi connectivity index (χ1n) is 6.08. The summed E-state index contributed by atoms with van der Waals surface area (Å²) in [6, 6.07) is 7.14. The van der Waals surface area contributed by atoms with Crippen molar-refractivity contribution in [2.45, 2.75) is 13.5 Å². The number of methoxy groups -OCH3 is 1.